The van der Waals surface area contributed by atoms with Gasteiger partial charge in [0.2, 0.25) is 0 Å². The Morgan fingerprint density at radius 3 is 2.12 bits per heavy atom. The summed E-state index contributed by atoms with van der Waals surface area (Å²) in [5.74, 6) is -1.56. The SMILES string of the molecule is O=C(ON1C(=O)c2ccccc2C1=O)c1ccc(N2CCCC2)nn1. The second-order valence-corrected chi connectivity index (χ2v) is 5.80. The van der Waals surface area contributed by atoms with E-state index in [9.17, 15) is 14.4 Å². The van der Waals surface area contributed by atoms with Gasteiger partial charge < -0.3 is 9.74 Å². The van der Waals surface area contributed by atoms with Gasteiger partial charge in [-0.25, -0.2) is 4.79 Å². The Morgan fingerprint density at radius 2 is 1.56 bits per heavy atom. The molecular weight excluding hydrogens is 324 g/mol. The molecule has 2 aliphatic heterocycles. The standard InChI is InChI=1S/C17H14N4O4/c22-15-11-5-1-2-6-12(11)16(23)21(15)25-17(24)13-7-8-14(19-18-13)20-9-3-4-10-20/h1-2,5-8H,3-4,9-10H2. The molecule has 0 spiro atoms. The Morgan fingerprint density at radius 1 is 0.920 bits per heavy atom. The molecule has 2 aliphatic rings. The summed E-state index contributed by atoms with van der Waals surface area (Å²) in [5, 5.41) is 8.33. The molecule has 126 valence electrons. The summed E-state index contributed by atoms with van der Waals surface area (Å²) < 4.78 is 0. The van der Waals surface area contributed by atoms with Crippen LogP contribution in [0, 0.1) is 0 Å². The molecule has 0 saturated carbocycles. The van der Waals surface area contributed by atoms with Crippen molar-refractivity contribution in [1.82, 2.24) is 15.3 Å². The highest BCUT2D eigenvalue weighted by molar-refractivity contribution is 6.21. The van der Waals surface area contributed by atoms with Gasteiger partial charge >= 0.3 is 5.97 Å². The number of anilines is 1. The number of rotatable bonds is 3. The lowest BCUT2D eigenvalue weighted by atomic mass is 10.1. The maximum atomic E-state index is 12.2. The van der Waals surface area contributed by atoms with E-state index in [2.05, 4.69) is 15.1 Å². The van der Waals surface area contributed by atoms with E-state index in [1.807, 2.05) is 0 Å². The van der Waals surface area contributed by atoms with Crippen molar-refractivity contribution in [2.75, 3.05) is 18.0 Å². The maximum absolute atomic E-state index is 12.2. The average molecular weight is 338 g/mol. The molecule has 0 atom stereocenters. The lowest BCUT2D eigenvalue weighted by molar-refractivity contribution is -0.0589. The third-order valence-corrected chi connectivity index (χ3v) is 4.22. The van der Waals surface area contributed by atoms with Gasteiger partial charge in [0.1, 0.15) is 0 Å². The number of hydroxylamine groups is 2. The number of hydrogen-bond acceptors (Lipinski definition) is 7. The van der Waals surface area contributed by atoms with Crippen molar-refractivity contribution in [3.63, 3.8) is 0 Å². The summed E-state index contributed by atoms with van der Waals surface area (Å²) in [7, 11) is 0. The Kier molecular flexibility index (Phi) is 3.64. The lowest BCUT2D eigenvalue weighted by Gasteiger charge is -2.15. The van der Waals surface area contributed by atoms with Gasteiger partial charge in [0.25, 0.3) is 11.8 Å². The second kappa shape index (κ2) is 5.97. The van der Waals surface area contributed by atoms with Crippen LogP contribution in [0.5, 0.6) is 0 Å². The van der Waals surface area contributed by atoms with Crippen LogP contribution in [0.25, 0.3) is 0 Å². The number of benzene rings is 1. The van der Waals surface area contributed by atoms with E-state index in [1.54, 1.807) is 18.2 Å². The number of amides is 2. The molecule has 0 radical (unpaired) electrons. The van der Waals surface area contributed by atoms with Crippen molar-refractivity contribution in [1.29, 1.82) is 0 Å². The van der Waals surface area contributed by atoms with Gasteiger partial charge in [-0.15, -0.1) is 10.2 Å². The third-order valence-electron chi connectivity index (χ3n) is 4.22. The van der Waals surface area contributed by atoms with Gasteiger partial charge in [-0.05, 0) is 37.1 Å². The zero-order chi connectivity index (χ0) is 17.4. The van der Waals surface area contributed by atoms with Crippen LogP contribution in [0.3, 0.4) is 0 Å². The highest BCUT2D eigenvalue weighted by Gasteiger charge is 2.39. The molecule has 25 heavy (non-hydrogen) atoms. The van der Waals surface area contributed by atoms with Gasteiger partial charge in [-0.2, -0.15) is 0 Å². The van der Waals surface area contributed by atoms with Crippen LogP contribution < -0.4 is 4.90 Å². The van der Waals surface area contributed by atoms with Crippen LogP contribution in [-0.4, -0.2) is 46.1 Å². The summed E-state index contributed by atoms with van der Waals surface area (Å²) in [4.78, 5) is 43.6. The normalized spacial score (nSPS) is 16.3. The van der Waals surface area contributed by atoms with Crippen molar-refractivity contribution >= 4 is 23.6 Å². The van der Waals surface area contributed by atoms with Crippen LogP contribution in [0.4, 0.5) is 5.82 Å². The fourth-order valence-corrected chi connectivity index (χ4v) is 2.93. The summed E-state index contributed by atoms with van der Waals surface area (Å²) >= 11 is 0. The minimum absolute atomic E-state index is 0.0699. The summed E-state index contributed by atoms with van der Waals surface area (Å²) in [6, 6.07) is 9.44. The van der Waals surface area contributed by atoms with E-state index < -0.39 is 17.8 Å². The first kappa shape index (κ1) is 15.3. The fraction of sp³-hybridized carbons (Fsp3) is 0.235. The number of hydrogen-bond donors (Lipinski definition) is 0. The zero-order valence-corrected chi connectivity index (χ0v) is 13.2. The first-order valence-electron chi connectivity index (χ1n) is 7.94. The van der Waals surface area contributed by atoms with Crippen molar-refractivity contribution < 1.29 is 19.2 Å². The average Bonchev–Trinajstić information content (AvgIpc) is 3.26. The second-order valence-electron chi connectivity index (χ2n) is 5.80. The van der Waals surface area contributed by atoms with Crippen molar-refractivity contribution in [3.8, 4) is 0 Å². The Hall–Kier alpha value is -3.29. The smallest absolute Gasteiger partial charge is 0.355 e. The topological polar surface area (TPSA) is 92.7 Å². The Bertz CT molecular complexity index is 824. The van der Waals surface area contributed by atoms with Crippen LogP contribution in [0.1, 0.15) is 44.0 Å². The molecule has 1 aromatic heterocycles. The van der Waals surface area contributed by atoms with Gasteiger partial charge in [0.15, 0.2) is 11.5 Å². The largest absolute Gasteiger partial charge is 0.384 e. The van der Waals surface area contributed by atoms with Crippen molar-refractivity contribution in [3.05, 3.63) is 53.2 Å². The third kappa shape index (κ3) is 2.61. The minimum atomic E-state index is -0.907. The van der Waals surface area contributed by atoms with Crippen molar-refractivity contribution in [2.24, 2.45) is 0 Å². The molecule has 2 aromatic rings. The fourth-order valence-electron chi connectivity index (χ4n) is 2.93. The molecular formula is C17H14N4O4. The zero-order valence-electron chi connectivity index (χ0n) is 13.2. The number of carbonyl (C=O) groups excluding carboxylic acids is 3. The van der Waals surface area contributed by atoms with E-state index in [-0.39, 0.29) is 16.8 Å². The van der Waals surface area contributed by atoms with Gasteiger partial charge in [-0.1, -0.05) is 17.2 Å². The lowest BCUT2D eigenvalue weighted by Crippen LogP contribution is -2.33. The summed E-state index contributed by atoms with van der Waals surface area (Å²) in [6.07, 6.45) is 2.20. The Balaban J connectivity index is 1.49. The highest BCUT2D eigenvalue weighted by Crippen LogP contribution is 2.23. The summed E-state index contributed by atoms with van der Waals surface area (Å²) in [5.41, 5.74) is 0.339. The molecule has 8 nitrogen and oxygen atoms in total. The van der Waals surface area contributed by atoms with Gasteiger partial charge in [0, 0.05) is 13.1 Å². The van der Waals surface area contributed by atoms with Crippen LogP contribution >= 0.6 is 0 Å². The number of fused-ring (bicyclic) bond motifs is 1. The number of imide groups is 1. The van der Waals surface area contributed by atoms with Crippen molar-refractivity contribution in [2.45, 2.75) is 12.8 Å². The van der Waals surface area contributed by atoms with Gasteiger partial charge in [0.05, 0.1) is 11.1 Å². The van der Waals surface area contributed by atoms with Crippen LogP contribution in [0.2, 0.25) is 0 Å². The number of nitrogens with zero attached hydrogens (tertiary/aromatic N) is 4. The van der Waals surface area contributed by atoms with Crippen LogP contribution in [0.15, 0.2) is 36.4 Å². The van der Waals surface area contributed by atoms with E-state index in [0.29, 0.717) is 10.9 Å². The predicted octanol–water partition coefficient (Wildman–Crippen LogP) is 1.44. The molecule has 8 heteroatoms. The molecule has 3 heterocycles. The molecule has 0 bridgehead atoms. The maximum Gasteiger partial charge on any atom is 0.384 e. The molecule has 1 saturated heterocycles. The monoisotopic (exact) mass is 338 g/mol. The van der Waals surface area contributed by atoms with E-state index in [0.717, 1.165) is 25.9 Å². The summed E-state index contributed by atoms with van der Waals surface area (Å²) in [6.45, 7) is 1.82. The molecule has 4 rings (SSSR count). The molecule has 1 fully saturated rings. The minimum Gasteiger partial charge on any atom is -0.355 e. The Labute approximate surface area is 143 Å². The molecule has 0 unspecified atom stereocenters. The quantitative estimate of drug-likeness (QED) is 0.782. The van der Waals surface area contributed by atoms with E-state index in [4.69, 9.17) is 4.84 Å². The predicted molar refractivity (Wildman–Crippen MR) is 85.8 cm³/mol. The van der Waals surface area contributed by atoms with Crippen LogP contribution in [-0.2, 0) is 4.84 Å². The number of carbonyl (C=O) groups is 3. The number of aromatic nitrogens is 2. The first-order chi connectivity index (χ1) is 12.1. The van der Waals surface area contributed by atoms with E-state index in [1.165, 1.54) is 18.2 Å². The van der Waals surface area contributed by atoms with E-state index >= 15 is 0 Å². The molecule has 0 N–H and O–H groups in total. The molecule has 0 aliphatic carbocycles. The molecule has 1 aromatic carbocycles. The van der Waals surface area contributed by atoms with Gasteiger partial charge in [-0.3, -0.25) is 9.59 Å². The first-order valence-corrected chi connectivity index (χ1v) is 7.94. The molecule has 2 amide bonds. The highest BCUT2D eigenvalue weighted by atomic mass is 16.7.